The molecule has 6 rings (SSSR count). The monoisotopic (exact) mass is 556 g/mol. The molecule has 4 aliphatic heterocycles. The third-order valence-electron chi connectivity index (χ3n) is 7.92. The molecule has 6 heterocycles. The van der Waals surface area contributed by atoms with Gasteiger partial charge in [0.15, 0.2) is 0 Å². The van der Waals surface area contributed by atoms with Crippen LogP contribution in [0.1, 0.15) is 58.8 Å². The molecule has 0 amide bonds. The minimum atomic E-state index is -0.916. The number of ether oxygens (including phenoxy) is 2. The van der Waals surface area contributed by atoms with Crippen LogP contribution in [0, 0.1) is 0 Å². The number of alkyl halides is 2. The van der Waals surface area contributed by atoms with Crippen molar-refractivity contribution in [2.45, 2.75) is 50.1 Å². The fraction of sp³-hybridized carbons (Fsp3) is 0.643. The third-order valence-corrected chi connectivity index (χ3v) is 7.92. The Morgan fingerprint density at radius 1 is 0.750 bits per heavy atom. The Labute approximate surface area is 234 Å². The highest BCUT2D eigenvalue weighted by Gasteiger charge is 2.33. The first-order valence-electron chi connectivity index (χ1n) is 14.0. The lowest BCUT2D eigenvalue weighted by Crippen LogP contribution is -2.42. The van der Waals surface area contributed by atoms with Gasteiger partial charge in [-0.05, 0) is 25.9 Å². The molecule has 0 aliphatic carbocycles. The van der Waals surface area contributed by atoms with Crippen LogP contribution in [0.15, 0.2) is 22.4 Å². The second kappa shape index (κ2) is 13.7. The maximum Gasteiger partial charge on any atom is 0.134 e. The third kappa shape index (κ3) is 6.91. The second-order valence-electron chi connectivity index (χ2n) is 10.6. The Morgan fingerprint density at radius 3 is 1.60 bits per heavy atom. The standard InChI is InChI=1S/2C14H19FN4O/c2*1-20-5-4-19-3-2-11(12(15)9-19)14-17-7-10-6-16-8-13(10)18-14/h2*6-7,11-12H,2-5,8-9H2,1H3. The van der Waals surface area contributed by atoms with E-state index in [0.29, 0.717) is 51.0 Å². The first-order chi connectivity index (χ1) is 19.6. The summed E-state index contributed by atoms with van der Waals surface area (Å²) in [5.74, 6) is 0.876. The van der Waals surface area contributed by atoms with E-state index in [-0.39, 0.29) is 11.8 Å². The average Bonchev–Trinajstić information content (AvgIpc) is 3.64. The Balaban J connectivity index is 0.000000161. The van der Waals surface area contributed by atoms with Crippen LogP contribution in [0.5, 0.6) is 0 Å². The molecule has 216 valence electrons. The van der Waals surface area contributed by atoms with Gasteiger partial charge in [0, 0.05) is 76.3 Å². The number of halogens is 2. The molecule has 2 fully saturated rings. The molecule has 2 aromatic rings. The number of hydrogen-bond acceptors (Lipinski definition) is 10. The van der Waals surface area contributed by atoms with Gasteiger partial charge in [-0.1, -0.05) is 0 Å². The normalized spacial score (nSPS) is 25.9. The summed E-state index contributed by atoms with van der Waals surface area (Å²) >= 11 is 0. The van der Waals surface area contributed by atoms with Crippen LogP contribution < -0.4 is 0 Å². The molecule has 4 aliphatic rings. The van der Waals surface area contributed by atoms with Gasteiger partial charge in [0.25, 0.3) is 0 Å². The van der Waals surface area contributed by atoms with Crippen LogP contribution >= 0.6 is 0 Å². The lowest BCUT2D eigenvalue weighted by Gasteiger charge is -2.33. The van der Waals surface area contributed by atoms with E-state index in [1.807, 2.05) is 0 Å². The lowest BCUT2D eigenvalue weighted by atomic mass is 9.94. The van der Waals surface area contributed by atoms with Gasteiger partial charge in [-0.3, -0.25) is 19.8 Å². The van der Waals surface area contributed by atoms with Gasteiger partial charge in [-0.2, -0.15) is 0 Å². The zero-order chi connectivity index (χ0) is 27.9. The van der Waals surface area contributed by atoms with Crippen LogP contribution in [-0.4, -0.2) is 121 Å². The zero-order valence-corrected chi connectivity index (χ0v) is 23.3. The maximum absolute atomic E-state index is 14.4. The molecule has 0 N–H and O–H groups in total. The fourth-order valence-corrected chi connectivity index (χ4v) is 5.53. The number of aromatic nitrogens is 4. The maximum atomic E-state index is 14.4. The first kappa shape index (κ1) is 28.7. The van der Waals surface area contributed by atoms with Crippen molar-refractivity contribution in [3.05, 3.63) is 46.6 Å². The number of methoxy groups -OCH3 is 2. The molecule has 12 heteroatoms. The molecule has 40 heavy (non-hydrogen) atoms. The largest absolute Gasteiger partial charge is 0.383 e. The van der Waals surface area contributed by atoms with Crippen molar-refractivity contribution in [1.82, 2.24) is 29.7 Å². The van der Waals surface area contributed by atoms with Gasteiger partial charge in [0.2, 0.25) is 0 Å². The summed E-state index contributed by atoms with van der Waals surface area (Å²) in [6.07, 6.45) is 6.76. The molecule has 4 atom stereocenters. The van der Waals surface area contributed by atoms with Crippen LogP contribution in [-0.2, 0) is 22.6 Å². The van der Waals surface area contributed by atoms with E-state index in [1.54, 1.807) is 39.0 Å². The summed E-state index contributed by atoms with van der Waals surface area (Å²) in [5.41, 5.74) is 3.76. The number of likely N-dealkylation sites (tertiary alicyclic amines) is 2. The van der Waals surface area contributed by atoms with Crippen molar-refractivity contribution in [2.75, 3.05) is 66.7 Å². The summed E-state index contributed by atoms with van der Waals surface area (Å²) in [6.45, 7) is 6.63. The van der Waals surface area contributed by atoms with E-state index < -0.39 is 12.3 Å². The van der Waals surface area contributed by atoms with Crippen molar-refractivity contribution >= 4 is 12.4 Å². The number of aliphatic imine (C=N–C) groups is 2. The van der Waals surface area contributed by atoms with E-state index in [9.17, 15) is 8.78 Å². The Hall–Kier alpha value is -2.80. The van der Waals surface area contributed by atoms with Gasteiger partial charge in [-0.25, -0.2) is 28.7 Å². The van der Waals surface area contributed by atoms with Crippen molar-refractivity contribution in [1.29, 1.82) is 0 Å². The molecule has 0 spiro atoms. The van der Waals surface area contributed by atoms with Crippen molar-refractivity contribution in [3.8, 4) is 0 Å². The van der Waals surface area contributed by atoms with Gasteiger partial charge < -0.3 is 9.47 Å². The summed E-state index contributed by atoms with van der Waals surface area (Å²) in [7, 11) is 3.33. The van der Waals surface area contributed by atoms with Crippen molar-refractivity contribution < 1.29 is 18.3 Å². The topological polar surface area (TPSA) is 101 Å². The SMILES string of the molecule is COCCN1CCC(c2ncc3c(n2)CN=C3)C(F)C1.COCCN1CCC(c2ncc3c(n2)CN=C3)C(F)C1. The van der Waals surface area contributed by atoms with E-state index >= 15 is 0 Å². The number of fused-ring (bicyclic) bond motifs is 2. The summed E-state index contributed by atoms with van der Waals surface area (Å²) in [6, 6.07) is 0. The molecule has 4 unspecified atom stereocenters. The lowest BCUT2D eigenvalue weighted by molar-refractivity contribution is 0.0841. The van der Waals surface area contributed by atoms with Gasteiger partial charge >= 0.3 is 0 Å². The fourth-order valence-electron chi connectivity index (χ4n) is 5.53. The zero-order valence-electron chi connectivity index (χ0n) is 23.3. The minimum absolute atomic E-state index is 0.195. The molecule has 10 nitrogen and oxygen atoms in total. The van der Waals surface area contributed by atoms with Crippen LogP contribution in [0.2, 0.25) is 0 Å². The van der Waals surface area contributed by atoms with E-state index in [4.69, 9.17) is 9.47 Å². The van der Waals surface area contributed by atoms with Crippen molar-refractivity contribution in [2.24, 2.45) is 9.98 Å². The second-order valence-corrected chi connectivity index (χ2v) is 10.6. The van der Waals surface area contributed by atoms with Gasteiger partial charge in [0.1, 0.15) is 24.0 Å². The molecule has 2 aromatic heterocycles. The minimum Gasteiger partial charge on any atom is -0.383 e. The van der Waals surface area contributed by atoms with E-state index in [2.05, 4.69) is 39.7 Å². The molecule has 0 saturated carbocycles. The summed E-state index contributed by atoms with van der Waals surface area (Å²) < 4.78 is 38.8. The highest BCUT2D eigenvalue weighted by Crippen LogP contribution is 2.30. The summed E-state index contributed by atoms with van der Waals surface area (Å²) in [4.78, 5) is 30.2. The first-order valence-corrected chi connectivity index (χ1v) is 14.0. The van der Waals surface area contributed by atoms with Crippen LogP contribution in [0.4, 0.5) is 8.78 Å². The number of nitrogens with zero attached hydrogens (tertiary/aromatic N) is 8. The number of hydrogen-bond donors (Lipinski definition) is 0. The molecule has 0 bridgehead atoms. The van der Waals surface area contributed by atoms with E-state index in [1.165, 1.54) is 0 Å². The average molecular weight is 557 g/mol. The molecular formula is C28H38F2N8O2. The Morgan fingerprint density at radius 2 is 1.20 bits per heavy atom. The van der Waals surface area contributed by atoms with Crippen LogP contribution in [0.3, 0.4) is 0 Å². The highest BCUT2D eigenvalue weighted by molar-refractivity contribution is 5.83. The van der Waals surface area contributed by atoms with Crippen molar-refractivity contribution in [3.63, 3.8) is 0 Å². The Kier molecular flexibility index (Phi) is 9.84. The summed E-state index contributed by atoms with van der Waals surface area (Å²) in [5, 5.41) is 0. The number of piperidine rings is 2. The Bertz CT molecular complexity index is 1110. The number of rotatable bonds is 8. The molecule has 0 aromatic carbocycles. The molecular weight excluding hydrogens is 518 g/mol. The van der Waals surface area contributed by atoms with E-state index in [0.717, 1.165) is 61.5 Å². The quantitative estimate of drug-likeness (QED) is 0.489. The predicted molar refractivity (Wildman–Crippen MR) is 148 cm³/mol. The van der Waals surface area contributed by atoms with Gasteiger partial charge in [-0.15, -0.1) is 0 Å². The van der Waals surface area contributed by atoms with Crippen LogP contribution in [0.25, 0.3) is 0 Å². The molecule has 2 saturated heterocycles. The smallest absolute Gasteiger partial charge is 0.134 e. The predicted octanol–water partition coefficient (Wildman–Crippen LogP) is 2.37. The molecule has 0 radical (unpaired) electrons. The highest BCUT2D eigenvalue weighted by atomic mass is 19.1. The van der Waals surface area contributed by atoms with Gasteiger partial charge in [0.05, 0.1) is 49.5 Å².